The summed E-state index contributed by atoms with van der Waals surface area (Å²) >= 11 is 0. The molecule has 0 heterocycles. The first-order valence-corrected chi connectivity index (χ1v) is 7.74. The highest BCUT2D eigenvalue weighted by molar-refractivity contribution is 5.95. The molecule has 1 aromatic carbocycles. The molecule has 0 saturated carbocycles. The zero-order chi connectivity index (χ0) is 17.0. The summed E-state index contributed by atoms with van der Waals surface area (Å²) in [5.74, 6) is -0.695. The summed E-state index contributed by atoms with van der Waals surface area (Å²) in [7, 11) is 0. The zero-order valence-corrected chi connectivity index (χ0v) is 14.7. The van der Waals surface area contributed by atoms with Crippen LogP contribution >= 0.6 is 0 Å². The van der Waals surface area contributed by atoms with Crippen molar-refractivity contribution in [2.24, 2.45) is 0 Å². The summed E-state index contributed by atoms with van der Waals surface area (Å²) in [6.07, 6.45) is 0.842. The number of hydrogen-bond donors (Lipinski definition) is 1. The van der Waals surface area contributed by atoms with Crippen LogP contribution in [0.4, 0.5) is 0 Å². The average Bonchev–Trinajstić information content (AvgIpc) is 2.49. The van der Waals surface area contributed by atoms with E-state index in [1.54, 1.807) is 0 Å². The van der Waals surface area contributed by atoms with E-state index in [1.807, 2.05) is 41.5 Å². The van der Waals surface area contributed by atoms with Crippen molar-refractivity contribution >= 4 is 11.9 Å². The second-order valence-electron chi connectivity index (χ2n) is 5.95. The molecule has 0 radical (unpaired) electrons. The van der Waals surface area contributed by atoms with Crippen LogP contribution in [0.3, 0.4) is 0 Å². The maximum Gasteiger partial charge on any atom is 0.339 e. The lowest BCUT2D eigenvalue weighted by Crippen LogP contribution is -2.35. The van der Waals surface area contributed by atoms with Gasteiger partial charge in [0.25, 0.3) is 5.91 Å². The Bertz CT molecular complexity index is 561. The molecule has 1 amide bonds. The van der Waals surface area contributed by atoms with E-state index in [9.17, 15) is 9.59 Å². The Labute approximate surface area is 133 Å². The second kappa shape index (κ2) is 7.43. The molecule has 0 fully saturated rings. The molecule has 0 spiro atoms. The minimum absolute atomic E-state index is 0.0820. The van der Waals surface area contributed by atoms with Gasteiger partial charge in [0, 0.05) is 6.04 Å². The number of rotatable bonds is 5. The number of hydrogen-bond acceptors (Lipinski definition) is 3. The lowest BCUT2D eigenvalue weighted by atomic mass is 9.90. The standard InChI is InChI=1S/C18H27NO3/c1-8-10(2)19-16(20)9-22-18(21)17-14(6)12(4)11(3)13(5)15(17)7/h10H,8-9H2,1-7H3,(H,19,20)/t10-/m1/s1. The van der Waals surface area contributed by atoms with E-state index in [1.165, 1.54) is 5.56 Å². The van der Waals surface area contributed by atoms with Gasteiger partial charge in [-0.3, -0.25) is 4.79 Å². The minimum atomic E-state index is -0.430. The molecule has 1 atom stereocenters. The van der Waals surface area contributed by atoms with Crippen molar-refractivity contribution in [1.82, 2.24) is 5.32 Å². The van der Waals surface area contributed by atoms with Crippen LogP contribution in [0.2, 0.25) is 0 Å². The number of nitrogens with one attached hydrogen (secondary N) is 1. The quantitative estimate of drug-likeness (QED) is 0.849. The Kier molecular flexibility index (Phi) is 6.15. The van der Waals surface area contributed by atoms with Crippen molar-refractivity contribution in [2.45, 2.75) is 60.9 Å². The van der Waals surface area contributed by atoms with E-state index in [2.05, 4.69) is 12.2 Å². The van der Waals surface area contributed by atoms with Crippen LogP contribution in [-0.2, 0) is 9.53 Å². The van der Waals surface area contributed by atoms with Crippen LogP contribution in [0, 0.1) is 34.6 Å². The molecule has 4 heteroatoms. The van der Waals surface area contributed by atoms with E-state index in [0.29, 0.717) is 5.56 Å². The monoisotopic (exact) mass is 305 g/mol. The van der Waals surface area contributed by atoms with Gasteiger partial charge in [-0.05, 0) is 75.8 Å². The topological polar surface area (TPSA) is 55.4 Å². The second-order valence-corrected chi connectivity index (χ2v) is 5.95. The van der Waals surface area contributed by atoms with Gasteiger partial charge in [0.15, 0.2) is 6.61 Å². The molecular formula is C18H27NO3. The molecule has 0 saturated heterocycles. The van der Waals surface area contributed by atoms with Gasteiger partial charge in [0.05, 0.1) is 5.56 Å². The highest BCUT2D eigenvalue weighted by Gasteiger charge is 2.20. The van der Waals surface area contributed by atoms with Crippen LogP contribution in [0.25, 0.3) is 0 Å². The van der Waals surface area contributed by atoms with Gasteiger partial charge in [0.2, 0.25) is 0 Å². The first-order valence-electron chi connectivity index (χ1n) is 7.74. The molecule has 0 aliphatic heterocycles. The molecular weight excluding hydrogens is 278 g/mol. The molecule has 0 bridgehead atoms. The maximum atomic E-state index is 12.4. The van der Waals surface area contributed by atoms with Crippen molar-refractivity contribution in [3.63, 3.8) is 0 Å². The smallest absolute Gasteiger partial charge is 0.339 e. The minimum Gasteiger partial charge on any atom is -0.452 e. The summed E-state index contributed by atoms with van der Waals surface area (Å²) in [6.45, 7) is 13.6. The van der Waals surface area contributed by atoms with Crippen molar-refractivity contribution < 1.29 is 14.3 Å². The molecule has 22 heavy (non-hydrogen) atoms. The first kappa shape index (κ1) is 18.2. The largest absolute Gasteiger partial charge is 0.452 e. The molecule has 0 aliphatic carbocycles. The van der Waals surface area contributed by atoms with E-state index in [4.69, 9.17) is 4.74 Å². The number of esters is 1. The van der Waals surface area contributed by atoms with Crippen molar-refractivity contribution in [3.05, 3.63) is 33.4 Å². The highest BCUT2D eigenvalue weighted by atomic mass is 16.5. The van der Waals surface area contributed by atoms with Crippen LogP contribution in [0.5, 0.6) is 0 Å². The van der Waals surface area contributed by atoms with E-state index in [-0.39, 0.29) is 18.6 Å². The molecule has 1 rings (SSSR count). The van der Waals surface area contributed by atoms with Gasteiger partial charge in [0.1, 0.15) is 0 Å². The summed E-state index contributed by atoms with van der Waals surface area (Å²) in [5, 5.41) is 2.78. The SMILES string of the molecule is CC[C@@H](C)NC(=O)COC(=O)c1c(C)c(C)c(C)c(C)c1C. The van der Waals surface area contributed by atoms with Gasteiger partial charge >= 0.3 is 5.97 Å². The fourth-order valence-electron chi connectivity index (χ4n) is 2.43. The maximum absolute atomic E-state index is 12.4. The highest BCUT2D eigenvalue weighted by Crippen LogP contribution is 2.26. The van der Waals surface area contributed by atoms with Gasteiger partial charge < -0.3 is 10.1 Å². The third-order valence-corrected chi connectivity index (χ3v) is 4.56. The number of carbonyl (C=O) groups excluding carboxylic acids is 2. The summed E-state index contributed by atoms with van der Waals surface area (Å²) in [5.41, 5.74) is 5.82. The Balaban J connectivity index is 2.90. The number of amides is 1. The number of benzene rings is 1. The Morgan fingerprint density at radius 1 is 0.955 bits per heavy atom. The van der Waals surface area contributed by atoms with Crippen molar-refractivity contribution in [3.8, 4) is 0 Å². The predicted octanol–water partition coefficient (Wildman–Crippen LogP) is 3.30. The summed E-state index contributed by atoms with van der Waals surface area (Å²) in [6, 6.07) is 0.0820. The van der Waals surface area contributed by atoms with E-state index in [0.717, 1.165) is 28.7 Å². The number of ether oxygens (including phenoxy) is 1. The van der Waals surface area contributed by atoms with Gasteiger partial charge in [-0.15, -0.1) is 0 Å². The Morgan fingerprint density at radius 3 is 1.86 bits per heavy atom. The third kappa shape index (κ3) is 3.87. The molecule has 0 aromatic heterocycles. The lowest BCUT2D eigenvalue weighted by Gasteiger charge is -2.18. The van der Waals surface area contributed by atoms with Crippen molar-refractivity contribution in [2.75, 3.05) is 6.61 Å². The Hall–Kier alpha value is -1.84. The van der Waals surface area contributed by atoms with Crippen LogP contribution in [-0.4, -0.2) is 24.5 Å². The number of carbonyl (C=O) groups is 2. The van der Waals surface area contributed by atoms with Crippen LogP contribution in [0.1, 0.15) is 58.4 Å². The van der Waals surface area contributed by atoms with Crippen LogP contribution in [0.15, 0.2) is 0 Å². The van der Waals surface area contributed by atoms with Crippen LogP contribution < -0.4 is 5.32 Å². The average molecular weight is 305 g/mol. The Morgan fingerprint density at radius 2 is 1.41 bits per heavy atom. The zero-order valence-electron chi connectivity index (χ0n) is 14.7. The summed E-state index contributed by atoms with van der Waals surface area (Å²) in [4.78, 5) is 24.1. The molecule has 1 aromatic rings. The molecule has 4 nitrogen and oxygen atoms in total. The molecule has 0 aliphatic rings. The normalized spacial score (nSPS) is 12.0. The fraction of sp³-hybridized carbons (Fsp3) is 0.556. The van der Waals surface area contributed by atoms with Crippen molar-refractivity contribution in [1.29, 1.82) is 0 Å². The molecule has 1 N–H and O–H groups in total. The predicted molar refractivity (Wildman–Crippen MR) is 88.3 cm³/mol. The third-order valence-electron chi connectivity index (χ3n) is 4.56. The summed E-state index contributed by atoms with van der Waals surface area (Å²) < 4.78 is 5.20. The van der Waals surface area contributed by atoms with E-state index >= 15 is 0 Å². The molecule has 122 valence electrons. The first-order chi connectivity index (χ1) is 10.2. The lowest BCUT2D eigenvalue weighted by molar-refractivity contribution is -0.124. The van der Waals surface area contributed by atoms with Gasteiger partial charge in [-0.25, -0.2) is 4.79 Å². The van der Waals surface area contributed by atoms with E-state index < -0.39 is 5.97 Å². The fourth-order valence-corrected chi connectivity index (χ4v) is 2.43. The molecule has 0 unspecified atom stereocenters. The van der Waals surface area contributed by atoms with Gasteiger partial charge in [-0.1, -0.05) is 6.92 Å². The van der Waals surface area contributed by atoms with Gasteiger partial charge in [-0.2, -0.15) is 0 Å².